The quantitative estimate of drug-likeness (QED) is 0.567. The van der Waals surface area contributed by atoms with Crippen molar-refractivity contribution < 1.29 is 14.3 Å². The van der Waals surface area contributed by atoms with Crippen LogP contribution in [-0.4, -0.2) is 62.3 Å². The Balaban J connectivity index is 1.69. The molecule has 0 aliphatic carbocycles. The molecular weight excluding hydrogens is 404 g/mol. The summed E-state index contributed by atoms with van der Waals surface area (Å²) in [5.41, 5.74) is 11.0. The molecule has 3 N–H and O–H groups in total. The number of nitrogens with two attached hydrogens (primary N) is 1. The van der Waals surface area contributed by atoms with Crippen LogP contribution in [0.1, 0.15) is 27.0 Å². The van der Waals surface area contributed by atoms with Gasteiger partial charge in [-0.15, -0.1) is 0 Å². The SMILES string of the molecule is COc1cc2ncc(C(N)=O)c(Cc3ccccc3C)c2cc1NCCN1CCOCC1. The monoisotopic (exact) mass is 434 g/mol. The van der Waals surface area contributed by atoms with Crippen LogP contribution in [0.3, 0.4) is 0 Å². The van der Waals surface area contributed by atoms with Gasteiger partial charge >= 0.3 is 0 Å². The summed E-state index contributed by atoms with van der Waals surface area (Å²) >= 11 is 0. The maximum atomic E-state index is 12.2. The third kappa shape index (κ3) is 4.84. The van der Waals surface area contributed by atoms with Gasteiger partial charge in [0, 0.05) is 43.8 Å². The number of pyridine rings is 1. The van der Waals surface area contributed by atoms with E-state index in [0.717, 1.165) is 72.9 Å². The van der Waals surface area contributed by atoms with Gasteiger partial charge in [-0.3, -0.25) is 14.7 Å². The Bertz CT molecular complexity index is 1110. The Morgan fingerprint density at radius 2 is 2.03 bits per heavy atom. The molecule has 32 heavy (non-hydrogen) atoms. The molecule has 1 amide bonds. The molecule has 4 rings (SSSR count). The van der Waals surface area contributed by atoms with E-state index in [-0.39, 0.29) is 0 Å². The number of morpholine rings is 1. The zero-order chi connectivity index (χ0) is 22.5. The minimum Gasteiger partial charge on any atom is -0.495 e. The smallest absolute Gasteiger partial charge is 0.250 e. The first-order valence-corrected chi connectivity index (χ1v) is 10.9. The Morgan fingerprint density at radius 3 is 2.75 bits per heavy atom. The Labute approximate surface area is 188 Å². The molecule has 0 unspecified atom stereocenters. The number of nitrogens with zero attached hydrogens (tertiary/aromatic N) is 2. The van der Waals surface area contributed by atoms with Crippen molar-refractivity contribution in [3.05, 3.63) is 64.8 Å². The fourth-order valence-electron chi connectivity index (χ4n) is 4.16. The van der Waals surface area contributed by atoms with Gasteiger partial charge in [0.25, 0.3) is 5.91 Å². The number of nitrogens with one attached hydrogen (secondary N) is 1. The van der Waals surface area contributed by atoms with Crippen LogP contribution in [0.4, 0.5) is 5.69 Å². The first kappa shape index (κ1) is 22.0. The van der Waals surface area contributed by atoms with Crippen LogP contribution in [0.5, 0.6) is 5.75 Å². The molecule has 1 fully saturated rings. The molecule has 168 valence electrons. The lowest BCUT2D eigenvalue weighted by Gasteiger charge is -2.26. The van der Waals surface area contributed by atoms with Gasteiger partial charge in [-0.2, -0.15) is 0 Å². The number of carbonyl (C=O) groups excluding carboxylic acids is 1. The van der Waals surface area contributed by atoms with Crippen molar-refractivity contribution in [2.24, 2.45) is 5.73 Å². The van der Waals surface area contributed by atoms with E-state index in [9.17, 15) is 4.79 Å². The maximum Gasteiger partial charge on any atom is 0.250 e. The molecule has 2 aromatic carbocycles. The number of rotatable bonds is 8. The number of primary amides is 1. The van der Waals surface area contributed by atoms with Gasteiger partial charge in [-0.25, -0.2) is 0 Å². The van der Waals surface area contributed by atoms with Crippen molar-refractivity contribution >= 4 is 22.5 Å². The van der Waals surface area contributed by atoms with Crippen molar-refractivity contribution in [3.63, 3.8) is 0 Å². The zero-order valence-electron chi connectivity index (χ0n) is 18.7. The lowest BCUT2D eigenvalue weighted by atomic mass is 9.94. The number of amides is 1. The first-order chi connectivity index (χ1) is 15.6. The average molecular weight is 435 g/mol. The molecule has 0 radical (unpaired) electrons. The lowest BCUT2D eigenvalue weighted by molar-refractivity contribution is 0.0398. The minimum atomic E-state index is -0.472. The topological polar surface area (TPSA) is 89.7 Å². The van der Waals surface area contributed by atoms with Gasteiger partial charge < -0.3 is 20.5 Å². The molecule has 1 aromatic heterocycles. The molecule has 3 aromatic rings. The number of aromatic nitrogens is 1. The van der Waals surface area contributed by atoms with Crippen LogP contribution in [0, 0.1) is 6.92 Å². The fraction of sp³-hybridized carbons (Fsp3) is 0.360. The normalized spacial score (nSPS) is 14.4. The molecule has 0 spiro atoms. The van der Waals surface area contributed by atoms with Crippen molar-refractivity contribution in [3.8, 4) is 5.75 Å². The molecule has 1 aliphatic heterocycles. The molecule has 7 nitrogen and oxygen atoms in total. The summed E-state index contributed by atoms with van der Waals surface area (Å²) < 4.78 is 11.0. The fourth-order valence-corrected chi connectivity index (χ4v) is 4.16. The number of ether oxygens (including phenoxy) is 2. The van der Waals surface area contributed by atoms with E-state index in [1.54, 1.807) is 13.3 Å². The van der Waals surface area contributed by atoms with E-state index in [2.05, 4.69) is 34.3 Å². The molecule has 0 atom stereocenters. The summed E-state index contributed by atoms with van der Waals surface area (Å²) in [6.07, 6.45) is 2.17. The second-order valence-corrected chi connectivity index (χ2v) is 8.07. The van der Waals surface area contributed by atoms with E-state index in [4.69, 9.17) is 15.2 Å². The number of hydrogen-bond acceptors (Lipinski definition) is 6. The highest BCUT2D eigenvalue weighted by molar-refractivity contribution is 6.00. The summed E-state index contributed by atoms with van der Waals surface area (Å²) in [6.45, 7) is 7.22. The summed E-state index contributed by atoms with van der Waals surface area (Å²) in [4.78, 5) is 19.1. The predicted octanol–water partition coefficient (Wildman–Crippen LogP) is 2.99. The van der Waals surface area contributed by atoms with Gasteiger partial charge in [-0.1, -0.05) is 24.3 Å². The molecule has 7 heteroatoms. The van der Waals surface area contributed by atoms with Crippen LogP contribution in [0.2, 0.25) is 0 Å². The number of carbonyl (C=O) groups is 1. The van der Waals surface area contributed by atoms with Crippen LogP contribution in [0.15, 0.2) is 42.6 Å². The van der Waals surface area contributed by atoms with Crippen molar-refractivity contribution in [1.82, 2.24) is 9.88 Å². The summed E-state index contributed by atoms with van der Waals surface area (Å²) in [5.74, 6) is 0.251. The number of anilines is 1. The third-order valence-electron chi connectivity index (χ3n) is 6.04. The largest absolute Gasteiger partial charge is 0.495 e. The number of benzene rings is 2. The number of fused-ring (bicyclic) bond motifs is 1. The molecule has 0 saturated carbocycles. The molecule has 1 saturated heterocycles. The standard InChI is InChI=1S/C25H30N4O3/c1-17-5-3-4-6-18(17)13-19-20-14-23(27-7-8-29-9-11-32-12-10-29)24(31-2)15-22(20)28-16-21(19)25(26)30/h3-6,14-16,27H,7-13H2,1-2H3,(H2,26,30). The Hall–Kier alpha value is -3.16. The highest BCUT2D eigenvalue weighted by atomic mass is 16.5. The maximum absolute atomic E-state index is 12.2. The van der Waals surface area contributed by atoms with Crippen molar-refractivity contribution in [2.75, 3.05) is 51.8 Å². The van der Waals surface area contributed by atoms with E-state index >= 15 is 0 Å². The highest BCUT2D eigenvalue weighted by Gasteiger charge is 2.17. The first-order valence-electron chi connectivity index (χ1n) is 10.9. The number of hydrogen-bond donors (Lipinski definition) is 2. The average Bonchev–Trinajstić information content (AvgIpc) is 2.80. The van der Waals surface area contributed by atoms with Gasteiger partial charge in [0.2, 0.25) is 0 Å². The zero-order valence-corrected chi connectivity index (χ0v) is 18.7. The van der Waals surface area contributed by atoms with E-state index in [0.29, 0.717) is 12.0 Å². The molecule has 0 bridgehead atoms. The lowest BCUT2D eigenvalue weighted by Crippen LogP contribution is -2.39. The summed E-state index contributed by atoms with van der Waals surface area (Å²) in [6, 6.07) is 12.1. The van der Waals surface area contributed by atoms with E-state index in [1.165, 1.54) is 5.56 Å². The van der Waals surface area contributed by atoms with E-state index < -0.39 is 5.91 Å². The predicted molar refractivity (Wildman–Crippen MR) is 127 cm³/mol. The molecule has 2 heterocycles. The summed E-state index contributed by atoms with van der Waals surface area (Å²) in [7, 11) is 1.65. The van der Waals surface area contributed by atoms with Gasteiger partial charge in [0.1, 0.15) is 5.75 Å². The van der Waals surface area contributed by atoms with Crippen molar-refractivity contribution in [2.45, 2.75) is 13.3 Å². The van der Waals surface area contributed by atoms with Gasteiger partial charge in [-0.05, 0) is 36.1 Å². The highest BCUT2D eigenvalue weighted by Crippen LogP contribution is 2.33. The molecular formula is C25H30N4O3. The third-order valence-corrected chi connectivity index (χ3v) is 6.04. The Morgan fingerprint density at radius 1 is 1.25 bits per heavy atom. The molecule has 1 aliphatic rings. The van der Waals surface area contributed by atoms with Gasteiger partial charge in [0.05, 0.1) is 37.1 Å². The second-order valence-electron chi connectivity index (χ2n) is 8.07. The minimum absolute atomic E-state index is 0.449. The summed E-state index contributed by atoms with van der Waals surface area (Å²) in [5, 5.41) is 4.41. The Kier molecular flexibility index (Phi) is 6.87. The second kappa shape index (κ2) is 9.97. The number of aryl methyl sites for hydroxylation is 1. The van der Waals surface area contributed by atoms with Gasteiger partial charge in [0.15, 0.2) is 0 Å². The van der Waals surface area contributed by atoms with Crippen LogP contribution >= 0.6 is 0 Å². The van der Waals surface area contributed by atoms with Crippen LogP contribution < -0.4 is 15.8 Å². The van der Waals surface area contributed by atoms with Crippen molar-refractivity contribution in [1.29, 1.82) is 0 Å². The number of methoxy groups -OCH3 is 1. The van der Waals surface area contributed by atoms with Crippen LogP contribution in [0.25, 0.3) is 10.9 Å². The van der Waals surface area contributed by atoms with Crippen LogP contribution in [-0.2, 0) is 11.2 Å². The van der Waals surface area contributed by atoms with E-state index in [1.807, 2.05) is 24.3 Å².